The van der Waals surface area contributed by atoms with Crippen molar-refractivity contribution >= 4 is 59.3 Å². The molecule has 23 heteroatoms. The average Bonchev–Trinajstić information content (AvgIpc) is 3.15. The van der Waals surface area contributed by atoms with Crippen LogP contribution in [0.25, 0.3) is 0 Å². The molecular formula is C37H66N10O13. The summed E-state index contributed by atoms with van der Waals surface area (Å²) in [5, 5.41) is 42.7. The van der Waals surface area contributed by atoms with Crippen LogP contribution in [-0.2, 0) is 47.9 Å². The quantitative estimate of drug-likeness (QED) is 0.0298. The topological polar surface area (TPSA) is 408 Å². The number of nitrogens with two attached hydrogens (primary N) is 4. The highest BCUT2D eigenvalue weighted by Crippen LogP contribution is 2.11. The largest absolute Gasteiger partial charge is 0.481 e. The fourth-order valence-electron chi connectivity index (χ4n) is 5.62. The van der Waals surface area contributed by atoms with E-state index >= 15 is 0 Å². The maximum absolute atomic E-state index is 13.8. The van der Waals surface area contributed by atoms with Gasteiger partial charge in [0.15, 0.2) is 0 Å². The zero-order valence-electron chi connectivity index (χ0n) is 34.8. The molecule has 7 atom stereocenters. The molecule has 0 aliphatic carbocycles. The second-order valence-electron chi connectivity index (χ2n) is 15.2. The minimum absolute atomic E-state index is 0.0573. The van der Waals surface area contributed by atoms with Crippen LogP contribution in [0.1, 0.15) is 105 Å². The predicted molar refractivity (Wildman–Crippen MR) is 215 cm³/mol. The summed E-state index contributed by atoms with van der Waals surface area (Å²) in [4.78, 5) is 127. The molecule has 7 amide bonds. The van der Waals surface area contributed by atoms with Gasteiger partial charge < -0.3 is 70.2 Å². The summed E-state index contributed by atoms with van der Waals surface area (Å²) in [5.41, 5.74) is 22.3. The van der Waals surface area contributed by atoms with E-state index in [0.717, 1.165) is 0 Å². The summed E-state index contributed by atoms with van der Waals surface area (Å²) >= 11 is 0. The Morgan fingerprint density at radius 2 is 0.867 bits per heavy atom. The lowest BCUT2D eigenvalue weighted by atomic mass is 10.0. The van der Waals surface area contributed by atoms with Gasteiger partial charge in [0.25, 0.3) is 0 Å². The van der Waals surface area contributed by atoms with Gasteiger partial charge in [0, 0.05) is 12.8 Å². The average molecular weight is 859 g/mol. The van der Waals surface area contributed by atoms with Crippen molar-refractivity contribution in [2.24, 2.45) is 34.8 Å². The van der Waals surface area contributed by atoms with Gasteiger partial charge in [-0.15, -0.1) is 0 Å². The Labute approximate surface area is 349 Å². The van der Waals surface area contributed by atoms with Crippen LogP contribution in [0.5, 0.6) is 0 Å². The van der Waals surface area contributed by atoms with Crippen molar-refractivity contribution in [2.75, 3.05) is 13.1 Å². The van der Waals surface area contributed by atoms with Crippen LogP contribution in [0.3, 0.4) is 0 Å². The van der Waals surface area contributed by atoms with Crippen molar-refractivity contribution < 1.29 is 63.3 Å². The molecule has 342 valence electrons. The highest BCUT2D eigenvalue weighted by Gasteiger charge is 2.35. The normalized spacial score (nSPS) is 14.6. The van der Waals surface area contributed by atoms with E-state index in [1.54, 1.807) is 27.7 Å². The van der Waals surface area contributed by atoms with E-state index in [0.29, 0.717) is 32.2 Å². The molecule has 0 aliphatic rings. The third-order valence-corrected chi connectivity index (χ3v) is 9.11. The van der Waals surface area contributed by atoms with Crippen molar-refractivity contribution in [3.63, 3.8) is 0 Å². The molecule has 0 radical (unpaired) electrons. The second kappa shape index (κ2) is 28.9. The van der Waals surface area contributed by atoms with Gasteiger partial charge in [0.05, 0.1) is 12.5 Å². The fraction of sp³-hybridized carbons (Fsp3) is 0.730. The molecule has 23 nitrogen and oxygen atoms in total. The van der Waals surface area contributed by atoms with Crippen LogP contribution in [-0.4, -0.2) is 130 Å². The first-order valence-corrected chi connectivity index (χ1v) is 20.0. The van der Waals surface area contributed by atoms with Crippen molar-refractivity contribution in [3.05, 3.63) is 0 Å². The van der Waals surface area contributed by atoms with E-state index in [1.807, 2.05) is 0 Å². The first-order chi connectivity index (χ1) is 28.0. The Hall–Kier alpha value is -5.42. The first-order valence-electron chi connectivity index (χ1n) is 20.0. The SMILES string of the molecule is CC(C)CC(NC(=O)C(CCC(N)=O)NC(=O)C(CCCCN)NC(=O)C(N)C(C)C)C(=O)NC(CCC(=O)O)C(=O)NC(CC(=O)O)C(=O)NC(CCCCN)C(=O)O. The number of unbranched alkanes of at least 4 members (excludes halogenated alkanes) is 2. The Bertz CT molecular complexity index is 1480. The number of carbonyl (C=O) groups is 10. The van der Waals surface area contributed by atoms with Crippen molar-refractivity contribution in [1.29, 1.82) is 0 Å². The molecule has 0 aromatic heterocycles. The van der Waals surface area contributed by atoms with Gasteiger partial charge in [0.2, 0.25) is 41.4 Å². The first kappa shape index (κ1) is 54.6. The number of primary amides is 1. The summed E-state index contributed by atoms with van der Waals surface area (Å²) in [5.74, 6) is -11.5. The predicted octanol–water partition coefficient (Wildman–Crippen LogP) is -3.13. The fourth-order valence-corrected chi connectivity index (χ4v) is 5.62. The van der Waals surface area contributed by atoms with Crippen molar-refractivity contribution in [3.8, 4) is 0 Å². The van der Waals surface area contributed by atoms with Crippen LogP contribution in [0, 0.1) is 11.8 Å². The molecule has 17 N–H and O–H groups in total. The van der Waals surface area contributed by atoms with Crippen LogP contribution >= 0.6 is 0 Å². The number of rotatable bonds is 32. The molecule has 0 aromatic carbocycles. The molecule has 60 heavy (non-hydrogen) atoms. The Balaban J connectivity index is 6.50. The number of hydrogen-bond donors (Lipinski definition) is 13. The Morgan fingerprint density at radius 3 is 1.28 bits per heavy atom. The number of amides is 7. The number of carboxylic acid groups (broad SMARTS) is 3. The van der Waals surface area contributed by atoms with E-state index in [4.69, 9.17) is 22.9 Å². The second-order valence-corrected chi connectivity index (χ2v) is 15.2. The maximum Gasteiger partial charge on any atom is 0.326 e. The highest BCUT2D eigenvalue weighted by molar-refractivity contribution is 5.98. The summed E-state index contributed by atoms with van der Waals surface area (Å²) in [6.45, 7) is 7.36. The van der Waals surface area contributed by atoms with Crippen LogP contribution in [0.2, 0.25) is 0 Å². The summed E-state index contributed by atoms with van der Waals surface area (Å²) in [6.07, 6.45) is -1.34. The summed E-state index contributed by atoms with van der Waals surface area (Å²) in [6, 6.07) is -10.1. The standard InChI is InChI=1S/C37H66N10O13/c1-19(2)17-25(46-32(54)22(11-13-27(40)48)42-31(53)21(9-5-7-15-38)44-36(58)30(41)20(3)4)34(56)43-23(12-14-28(49)50)33(55)47-26(18-29(51)52)35(57)45-24(37(59)60)10-6-8-16-39/h19-26,30H,5-18,38-39,41H2,1-4H3,(H2,40,48)(H,42,53)(H,43,56)(H,44,58)(H,45,57)(H,46,54)(H,47,55)(H,49,50)(H,51,52)(H,59,60). The van der Waals surface area contributed by atoms with Gasteiger partial charge in [-0.25, -0.2) is 4.79 Å². The molecule has 0 saturated heterocycles. The monoisotopic (exact) mass is 858 g/mol. The summed E-state index contributed by atoms with van der Waals surface area (Å²) < 4.78 is 0. The molecule has 0 spiro atoms. The third-order valence-electron chi connectivity index (χ3n) is 9.11. The van der Waals surface area contributed by atoms with Crippen LogP contribution in [0.15, 0.2) is 0 Å². The molecular weight excluding hydrogens is 792 g/mol. The van der Waals surface area contributed by atoms with Gasteiger partial charge >= 0.3 is 17.9 Å². The lowest BCUT2D eigenvalue weighted by molar-refractivity contribution is -0.144. The number of carbonyl (C=O) groups excluding carboxylic acids is 7. The lowest BCUT2D eigenvalue weighted by Crippen LogP contribution is -2.60. The molecule has 0 fully saturated rings. The van der Waals surface area contributed by atoms with Gasteiger partial charge in [-0.05, 0) is 82.7 Å². The van der Waals surface area contributed by atoms with Gasteiger partial charge in [0.1, 0.15) is 36.3 Å². The maximum atomic E-state index is 13.8. The molecule has 7 unspecified atom stereocenters. The van der Waals surface area contributed by atoms with E-state index in [-0.39, 0.29) is 50.5 Å². The minimum Gasteiger partial charge on any atom is -0.481 e. The van der Waals surface area contributed by atoms with E-state index in [2.05, 4.69) is 31.9 Å². The third kappa shape index (κ3) is 22.7. The molecule has 0 aliphatic heterocycles. The number of hydrogen-bond acceptors (Lipinski definition) is 13. The molecule has 0 rings (SSSR count). The Kier molecular flexibility index (Phi) is 26.3. The summed E-state index contributed by atoms with van der Waals surface area (Å²) in [7, 11) is 0. The molecule has 0 aromatic rings. The zero-order valence-corrected chi connectivity index (χ0v) is 34.8. The van der Waals surface area contributed by atoms with E-state index < -0.39 is 121 Å². The van der Waals surface area contributed by atoms with Gasteiger partial charge in [-0.3, -0.25) is 43.2 Å². The van der Waals surface area contributed by atoms with Crippen molar-refractivity contribution in [1.82, 2.24) is 31.9 Å². The van der Waals surface area contributed by atoms with Gasteiger partial charge in [-0.2, -0.15) is 0 Å². The minimum atomic E-state index is -1.86. The number of carboxylic acids is 3. The highest BCUT2D eigenvalue weighted by atomic mass is 16.4. The molecule has 0 saturated carbocycles. The van der Waals surface area contributed by atoms with Crippen molar-refractivity contribution in [2.45, 2.75) is 147 Å². The van der Waals surface area contributed by atoms with Crippen LogP contribution in [0.4, 0.5) is 0 Å². The van der Waals surface area contributed by atoms with Gasteiger partial charge in [-0.1, -0.05) is 27.7 Å². The zero-order chi connectivity index (χ0) is 46.1. The van der Waals surface area contributed by atoms with E-state index in [1.165, 1.54) is 0 Å². The van der Waals surface area contributed by atoms with Crippen LogP contribution < -0.4 is 54.8 Å². The molecule has 0 bridgehead atoms. The smallest absolute Gasteiger partial charge is 0.326 e. The Morgan fingerprint density at radius 1 is 0.483 bits per heavy atom. The molecule has 0 heterocycles. The number of aliphatic carboxylic acids is 3. The number of nitrogens with one attached hydrogen (secondary N) is 6. The van der Waals surface area contributed by atoms with E-state index in [9.17, 15) is 63.3 Å². The lowest BCUT2D eigenvalue weighted by Gasteiger charge is -2.28.